The summed E-state index contributed by atoms with van der Waals surface area (Å²) in [5.41, 5.74) is 0.181. The summed E-state index contributed by atoms with van der Waals surface area (Å²) in [6, 6.07) is 0. The van der Waals surface area contributed by atoms with Gasteiger partial charge in [0, 0.05) is 0 Å². The number of aromatic nitrogens is 2. The fourth-order valence-corrected chi connectivity index (χ4v) is 1.14. The molecule has 1 heterocycles. The summed E-state index contributed by atoms with van der Waals surface area (Å²) in [6.45, 7) is 0. The highest BCUT2D eigenvalue weighted by Gasteiger charge is 1.97. The molecule has 0 amide bonds. The highest BCUT2D eigenvalue weighted by Crippen LogP contribution is 2.03. The molecule has 0 aliphatic rings. The van der Waals surface area contributed by atoms with Crippen molar-refractivity contribution in [3.8, 4) is 11.8 Å². The van der Waals surface area contributed by atoms with Crippen molar-refractivity contribution in [2.75, 3.05) is 12.0 Å². The van der Waals surface area contributed by atoms with Gasteiger partial charge in [0.1, 0.15) is 5.56 Å². The zero-order valence-electron chi connectivity index (χ0n) is 7.00. The minimum absolute atomic E-state index is 0.200. The third-order valence-corrected chi connectivity index (χ3v) is 2.02. The number of H-pyrrole nitrogens is 1. The molecule has 68 valence electrons. The van der Waals surface area contributed by atoms with Gasteiger partial charge >= 0.3 is 0 Å². The SMILES string of the molecule is CSc1ncc(C#CCS)c(=O)[nH]1. The Balaban J connectivity index is 3.06. The fraction of sp³-hybridized carbons (Fsp3) is 0.250. The van der Waals surface area contributed by atoms with Crippen molar-refractivity contribution in [1.29, 1.82) is 0 Å². The van der Waals surface area contributed by atoms with E-state index in [1.807, 2.05) is 6.26 Å². The van der Waals surface area contributed by atoms with Crippen LogP contribution in [0, 0.1) is 11.8 Å². The average Bonchev–Trinajstić information content (AvgIpc) is 2.16. The van der Waals surface area contributed by atoms with Gasteiger partial charge in [0.05, 0.1) is 11.9 Å². The zero-order valence-corrected chi connectivity index (χ0v) is 8.71. The highest BCUT2D eigenvalue weighted by molar-refractivity contribution is 7.98. The molecule has 13 heavy (non-hydrogen) atoms. The van der Waals surface area contributed by atoms with Crippen LogP contribution in [0.1, 0.15) is 5.56 Å². The van der Waals surface area contributed by atoms with Gasteiger partial charge in [0.2, 0.25) is 0 Å². The molecule has 0 aliphatic heterocycles. The van der Waals surface area contributed by atoms with Crippen molar-refractivity contribution in [3.05, 3.63) is 22.1 Å². The highest BCUT2D eigenvalue weighted by atomic mass is 32.2. The second-order valence-corrected chi connectivity index (χ2v) is 3.21. The summed E-state index contributed by atoms with van der Waals surface area (Å²) in [5, 5.41) is 0.599. The Labute approximate surface area is 85.8 Å². The molecule has 3 nitrogen and oxygen atoms in total. The number of rotatable bonds is 1. The standard InChI is InChI=1S/C8H8N2OS2/c1-13-8-9-5-6(3-2-4-12)7(11)10-8/h5,12H,4H2,1H3,(H,9,10,11). The lowest BCUT2D eigenvalue weighted by molar-refractivity contribution is 0.933. The van der Waals surface area contributed by atoms with Crippen LogP contribution in [0.4, 0.5) is 0 Å². The van der Waals surface area contributed by atoms with Crippen LogP contribution in [0.25, 0.3) is 0 Å². The van der Waals surface area contributed by atoms with Crippen molar-refractivity contribution >= 4 is 24.4 Å². The van der Waals surface area contributed by atoms with Crippen molar-refractivity contribution in [2.24, 2.45) is 0 Å². The fourth-order valence-electron chi connectivity index (χ4n) is 0.706. The zero-order chi connectivity index (χ0) is 9.68. The summed E-state index contributed by atoms with van der Waals surface area (Å²) in [6.07, 6.45) is 3.32. The maximum absolute atomic E-state index is 11.3. The molecule has 0 saturated carbocycles. The van der Waals surface area contributed by atoms with E-state index >= 15 is 0 Å². The van der Waals surface area contributed by atoms with E-state index in [1.54, 1.807) is 0 Å². The van der Waals surface area contributed by atoms with Gasteiger partial charge in [-0.05, 0) is 6.26 Å². The van der Waals surface area contributed by atoms with Gasteiger partial charge in [-0.2, -0.15) is 12.6 Å². The Hall–Kier alpha value is -0.860. The van der Waals surface area contributed by atoms with Crippen LogP contribution in [0.3, 0.4) is 0 Å². The number of nitrogens with one attached hydrogen (secondary N) is 1. The summed E-state index contributed by atoms with van der Waals surface area (Å²) in [7, 11) is 0. The number of aromatic amines is 1. The van der Waals surface area contributed by atoms with Crippen molar-refractivity contribution in [1.82, 2.24) is 9.97 Å². The Morgan fingerprint density at radius 3 is 3.08 bits per heavy atom. The lowest BCUT2D eigenvalue weighted by atomic mass is 10.3. The van der Waals surface area contributed by atoms with Crippen LogP contribution in [-0.2, 0) is 0 Å². The van der Waals surface area contributed by atoms with Gasteiger partial charge in [0.15, 0.2) is 5.16 Å². The molecule has 0 fully saturated rings. The van der Waals surface area contributed by atoms with Crippen LogP contribution in [0.2, 0.25) is 0 Å². The summed E-state index contributed by atoms with van der Waals surface area (Å²) in [5.74, 6) is 5.80. The maximum atomic E-state index is 11.3. The summed E-state index contributed by atoms with van der Waals surface area (Å²) in [4.78, 5) is 17.9. The molecule has 0 unspecified atom stereocenters. The van der Waals surface area contributed by atoms with E-state index in [4.69, 9.17) is 0 Å². The first-order valence-corrected chi connectivity index (χ1v) is 5.36. The Kier molecular flexibility index (Phi) is 3.93. The van der Waals surface area contributed by atoms with E-state index < -0.39 is 0 Å². The number of thioether (sulfide) groups is 1. The summed E-state index contributed by atoms with van der Waals surface area (Å²) >= 11 is 5.30. The van der Waals surface area contributed by atoms with Gasteiger partial charge in [-0.1, -0.05) is 23.6 Å². The molecule has 5 heteroatoms. The number of hydrogen-bond acceptors (Lipinski definition) is 4. The second-order valence-electron chi connectivity index (χ2n) is 2.10. The third kappa shape index (κ3) is 2.83. The first-order valence-electron chi connectivity index (χ1n) is 3.51. The van der Waals surface area contributed by atoms with Gasteiger partial charge in [-0.25, -0.2) is 4.98 Å². The quantitative estimate of drug-likeness (QED) is 0.313. The molecular weight excluding hydrogens is 204 g/mol. The topological polar surface area (TPSA) is 45.8 Å². The van der Waals surface area contributed by atoms with E-state index in [0.717, 1.165) is 0 Å². The normalized spacial score (nSPS) is 9.08. The predicted molar refractivity (Wildman–Crippen MR) is 57.4 cm³/mol. The molecule has 0 saturated heterocycles. The molecule has 0 radical (unpaired) electrons. The Morgan fingerprint density at radius 1 is 1.77 bits per heavy atom. The van der Waals surface area contributed by atoms with Gasteiger partial charge in [0.25, 0.3) is 5.56 Å². The van der Waals surface area contributed by atoms with Crippen molar-refractivity contribution in [3.63, 3.8) is 0 Å². The molecule has 1 rings (SSSR count). The third-order valence-electron chi connectivity index (χ3n) is 1.27. The number of hydrogen-bond donors (Lipinski definition) is 2. The molecule has 0 spiro atoms. The lowest BCUT2D eigenvalue weighted by Gasteiger charge is -1.93. The van der Waals surface area contributed by atoms with Crippen LogP contribution in [0.5, 0.6) is 0 Å². The first kappa shape index (κ1) is 10.2. The predicted octanol–water partition coefficient (Wildman–Crippen LogP) is 0.773. The van der Waals surface area contributed by atoms with E-state index in [1.165, 1.54) is 18.0 Å². The van der Waals surface area contributed by atoms with Gasteiger partial charge in [-0.15, -0.1) is 0 Å². The minimum atomic E-state index is -0.200. The maximum Gasteiger partial charge on any atom is 0.267 e. The Bertz CT molecular complexity index is 403. The molecule has 0 bridgehead atoms. The number of nitrogens with zero attached hydrogens (tertiary/aromatic N) is 1. The monoisotopic (exact) mass is 212 g/mol. The van der Waals surface area contributed by atoms with Crippen molar-refractivity contribution in [2.45, 2.75) is 5.16 Å². The lowest BCUT2D eigenvalue weighted by Crippen LogP contribution is -2.11. The van der Waals surface area contributed by atoms with E-state index in [9.17, 15) is 4.79 Å². The molecule has 1 N–H and O–H groups in total. The molecule has 0 aliphatic carbocycles. The molecular formula is C8H8N2OS2. The van der Waals surface area contributed by atoms with E-state index in [-0.39, 0.29) is 5.56 Å². The molecule has 1 aromatic heterocycles. The summed E-state index contributed by atoms with van der Waals surface area (Å²) < 4.78 is 0. The molecule has 1 aromatic rings. The first-order chi connectivity index (χ1) is 6.27. The minimum Gasteiger partial charge on any atom is -0.300 e. The Morgan fingerprint density at radius 2 is 2.54 bits per heavy atom. The van der Waals surface area contributed by atoms with Crippen LogP contribution in [0.15, 0.2) is 16.1 Å². The van der Waals surface area contributed by atoms with E-state index in [0.29, 0.717) is 16.5 Å². The van der Waals surface area contributed by atoms with E-state index in [2.05, 4.69) is 34.4 Å². The van der Waals surface area contributed by atoms with Gasteiger partial charge < -0.3 is 4.98 Å². The molecule has 0 aromatic carbocycles. The smallest absolute Gasteiger partial charge is 0.267 e. The van der Waals surface area contributed by atoms with Crippen LogP contribution >= 0.6 is 24.4 Å². The van der Waals surface area contributed by atoms with Gasteiger partial charge in [-0.3, -0.25) is 4.79 Å². The average molecular weight is 212 g/mol. The number of thiol groups is 1. The van der Waals surface area contributed by atoms with Crippen molar-refractivity contribution < 1.29 is 0 Å². The van der Waals surface area contributed by atoms with Crippen LogP contribution in [-0.4, -0.2) is 22.0 Å². The second kappa shape index (κ2) is 5.00. The molecule has 0 atom stereocenters. The largest absolute Gasteiger partial charge is 0.300 e. The van der Waals surface area contributed by atoms with Crippen LogP contribution < -0.4 is 5.56 Å².